The van der Waals surface area contributed by atoms with E-state index in [2.05, 4.69) is 18.8 Å². The average Bonchev–Trinajstić information content (AvgIpc) is 2.58. The predicted molar refractivity (Wildman–Crippen MR) is 94.7 cm³/mol. The van der Waals surface area contributed by atoms with Crippen molar-refractivity contribution in [3.05, 3.63) is 29.8 Å². The lowest BCUT2D eigenvalue weighted by molar-refractivity contribution is 0.0527. The molecule has 23 heavy (non-hydrogen) atoms. The first-order chi connectivity index (χ1) is 11.2. The van der Waals surface area contributed by atoms with Gasteiger partial charge in [-0.15, -0.1) is 0 Å². The number of para-hydroxylation sites is 1. The summed E-state index contributed by atoms with van der Waals surface area (Å²) in [4.78, 5) is 16.2. The van der Waals surface area contributed by atoms with Crippen LogP contribution in [0.3, 0.4) is 0 Å². The molecule has 0 fully saturated rings. The van der Waals surface area contributed by atoms with Gasteiger partial charge in [0.15, 0.2) is 0 Å². The molecule has 128 valence electrons. The van der Waals surface area contributed by atoms with Gasteiger partial charge in [0.1, 0.15) is 0 Å². The van der Waals surface area contributed by atoms with Gasteiger partial charge < -0.3 is 9.47 Å². The van der Waals surface area contributed by atoms with Gasteiger partial charge in [0.05, 0.1) is 24.5 Å². The van der Waals surface area contributed by atoms with Gasteiger partial charge in [-0.25, -0.2) is 4.79 Å². The Balaban J connectivity index is 2.47. The monoisotopic (exact) mass is 319 g/mol. The summed E-state index contributed by atoms with van der Waals surface area (Å²) in [6.45, 7) is 7.78. The van der Waals surface area contributed by atoms with Crippen LogP contribution in [0.2, 0.25) is 0 Å². The van der Waals surface area contributed by atoms with E-state index < -0.39 is 0 Å². The Bertz CT molecular complexity index is 485. The van der Waals surface area contributed by atoms with Crippen molar-refractivity contribution in [2.24, 2.45) is 10.9 Å². The molecule has 0 radical (unpaired) electrons. The van der Waals surface area contributed by atoms with Gasteiger partial charge in [-0.1, -0.05) is 45.2 Å². The first-order valence-corrected chi connectivity index (χ1v) is 8.59. The summed E-state index contributed by atoms with van der Waals surface area (Å²) in [5.41, 5.74) is 1.10. The van der Waals surface area contributed by atoms with E-state index in [0.717, 1.165) is 13.0 Å². The van der Waals surface area contributed by atoms with E-state index in [1.807, 2.05) is 6.07 Å². The van der Waals surface area contributed by atoms with Crippen molar-refractivity contribution in [1.82, 2.24) is 0 Å². The second-order valence-electron chi connectivity index (χ2n) is 5.50. The molecule has 1 aromatic carbocycles. The fourth-order valence-electron chi connectivity index (χ4n) is 2.29. The highest BCUT2D eigenvalue weighted by molar-refractivity contribution is 5.95. The Morgan fingerprint density at radius 3 is 2.74 bits per heavy atom. The van der Waals surface area contributed by atoms with Gasteiger partial charge in [-0.2, -0.15) is 0 Å². The number of rotatable bonds is 11. The molecule has 0 saturated carbocycles. The zero-order valence-corrected chi connectivity index (χ0v) is 14.6. The summed E-state index contributed by atoms with van der Waals surface area (Å²) in [5, 5.41) is 0. The van der Waals surface area contributed by atoms with Gasteiger partial charge in [0, 0.05) is 12.8 Å². The molecule has 4 heteroatoms. The Hall–Kier alpha value is -1.68. The van der Waals surface area contributed by atoms with Crippen molar-refractivity contribution in [3.8, 4) is 0 Å². The Morgan fingerprint density at radius 2 is 2.04 bits per heavy atom. The van der Waals surface area contributed by atoms with Crippen LogP contribution in [0.15, 0.2) is 29.3 Å². The third-order valence-corrected chi connectivity index (χ3v) is 3.72. The molecule has 0 aliphatic heterocycles. The van der Waals surface area contributed by atoms with Crippen molar-refractivity contribution in [2.45, 2.75) is 46.5 Å². The van der Waals surface area contributed by atoms with Gasteiger partial charge in [0.25, 0.3) is 0 Å². The average molecular weight is 319 g/mol. The van der Waals surface area contributed by atoms with Crippen LogP contribution in [-0.4, -0.2) is 32.0 Å². The molecule has 1 atom stereocenters. The summed E-state index contributed by atoms with van der Waals surface area (Å²) in [6.07, 6.45) is 6.55. The standard InChI is InChI=1S/C19H29NO3/c1-4-7-10-16(5-2)15-22-14-13-20-18-12-9-8-11-17(18)19(21)23-6-3/h8-9,11-13,16H,4-7,10,14-15H2,1-3H3. The molecule has 0 spiro atoms. The lowest BCUT2D eigenvalue weighted by Crippen LogP contribution is -2.10. The number of hydrogen-bond acceptors (Lipinski definition) is 4. The normalized spacial score (nSPS) is 12.5. The van der Waals surface area contributed by atoms with Crippen LogP contribution in [0.25, 0.3) is 0 Å². The summed E-state index contributed by atoms with van der Waals surface area (Å²) in [7, 11) is 0. The van der Waals surface area contributed by atoms with E-state index in [0.29, 0.717) is 30.4 Å². The molecule has 0 amide bonds. The second kappa shape index (κ2) is 11.8. The zero-order valence-electron chi connectivity index (χ0n) is 14.6. The van der Waals surface area contributed by atoms with E-state index in [9.17, 15) is 4.79 Å². The first kappa shape index (κ1) is 19.4. The van der Waals surface area contributed by atoms with E-state index >= 15 is 0 Å². The molecule has 1 aromatic rings. The molecule has 0 aromatic heterocycles. The fraction of sp³-hybridized carbons (Fsp3) is 0.579. The number of esters is 1. The van der Waals surface area contributed by atoms with Crippen LogP contribution in [-0.2, 0) is 9.47 Å². The second-order valence-corrected chi connectivity index (χ2v) is 5.50. The molecule has 0 aliphatic carbocycles. The number of unbranched alkanes of at least 4 members (excludes halogenated alkanes) is 1. The molecule has 0 aliphatic rings. The first-order valence-electron chi connectivity index (χ1n) is 8.59. The zero-order chi connectivity index (χ0) is 16.9. The van der Waals surface area contributed by atoms with Crippen molar-refractivity contribution in [2.75, 3.05) is 19.8 Å². The van der Waals surface area contributed by atoms with Gasteiger partial charge in [-0.05, 0) is 31.4 Å². The molecular formula is C19H29NO3. The molecule has 0 saturated heterocycles. The number of nitrogens with zero attached hydrogens (tertiary/aromatic N) is 1. The van der Waals surface area contributed by atoms with E-state index in [-0.39, 0.29) is 5.97 Å². The lowest BCUT2D eigenvalue weighted by atomic mass is 10.0. The van der Waals surface area contributed by atoms with Crippen LogP contribution >= 0.6 is 0 Å². The number of benzene rings is 1. The highest BCUT2D eigenvalue weighted by atomic mass is 16.5. The van der Waals surface area contributed by atoms with Crippen LogP contribution in [0, 0.1) is 5.92 Å². The highest BCUT2D eigenvalue weighted by Crippen LogP contribution is 2.19. The highest BCUT2D eigenvalue weighted by Gasteiger charge is 2.10. The maximum atomic E-state index is 11.9. The van der Waals surface area contributed by atoms with Crippen molar-refractivity contribution in [3.63, 3.8) is 0 Å². The minimum atomic E-state index is -0.341. The minimum Gasteiger partial charge on any atom is -0.462 e. The third-order valence-electron chi connectivity index (χ3n) is 3.72. The van der Waals surface area contributed by atoms with E-state index in [1.54, 1.807) is 31.3 Å². The maximum Gasteiger partial charge on any atom is 0.340 e. The van der Waals surface area contributed by atoms with Gasteiger partial charge >= 0.3 is 5.97 Å². The number of carbonyl (C=O) groups excluding carboxylic acids is 1. The largest absolute Gasteiger partial charge is 0.462 e. The topological polar surface area (TPSA) is 47.9 Å². The summed E-state index contributed by atoms with van der Waals surface area (Å²) < 4.78 is 10.7. The molecular weight excluding hydrogens is 290 g/mol. The summed E-state index contributed by atoms with van der Waals surface area (Å²) >= 11 is 0. The fourth-order valence-corrected chi connectivity index (χ4v) is 2.29. The maximum absolute atomic E-state index is 11.9. The Labute approximate surface area is 139 Å². The number of hydrogen-bond donors (Lipinski definition) is 0. The SMILES string of the molecule is CCCCC(CC)COCC=Nc1ccccc1C(=O)OCC. The minimum absolute atomic E-state index is 0.341. The summed E-state index contributed by atoms with van der Waals surface area (Å²) in [5.74, 6) is 0.280. The predicted octanol–water partition coefficient (Wildman–Crippen LogP) is 4.80. The number of ether oxygens (including phenoxy) is 2. The van der Waals surface area contributed by atoms with Crippen molar-refractivity contribution < 1.29 is 14.3 Å². The van der Waals surface area contributed by atoms with Gasteiger partial charge in [0.2, 0.25) is 0 Å². The van der Waals surface area contributed by atoms with Crippen LogP contribution in [0.4, 0.5) is 5.69 Å². The molecule has 0 heterocycles. The van der Waals surface area contributed by atoms with E-state index in [4.69, 9.17) is 9.47 Å². The van der Waals surface area contributed by atoms with E-state index in [1.165, 1.54) is 19.3 Å². The Morgan fingerprint density at radius 1 is 1.26 bits per heavy atom. The van der Waals surface area contributed by atoms with Crippen molar-refractivity contribution in [1.29, 1.82) is 0 Å². The molecule has 0 bridgehead atoms. The molecule has 0 N–H and O–H groups in total. The third kappa shape index (κ3) is 7.42. The number of carbonyl (C=O) groups is 1. The quantitative estimate of drug-likeness (QED) is 0.334. The van der Waals surface area contributed by atoms with Crippen LogP contribution < -0.4 is 0 Å². The molecule has 1 unspecified atom stereocenters. The van der Waals surface area contributed by atoms with Gasteiger partial charge in [-0.3, -0.25) is 4.99 Å². The lowest BCUT2D eigenvalue weighted by Gasteiger charge is -2.13. The Kier molecular flexibility index (Phi) is 9.96. The van der Waals surface area contributed by atoms with Crippen LogP contribution in [0.5, 0.6) is 0 Å². The van der Waals surface area contributed by atoms with Crippen molar-refractivity contribution >= 4 is 17.9 Å². The molecule has 4 nitrogen and oxygen atoms in total. The summed E-state index contributed by atoms with van der Waals surface area (Å²) in [6, 6.07) is 7.19. The van der Waals surface area contributed by atoms with Crippen LogP contribution in [0.1, 0.15) is 56.8 Å². The molecule has 1 rings (SSSR count). The number of aliphatic imine (C=N–C) groups is 1. The smallest absolute Gasteiger partial charge is 0.340 e.